The third-order valence-corrected chi connectivity index (χ3v) is 5.86. The van der Waals surface area contributed by atoms with Gasteiger partial charge >= 0.3 is 0 Å². The van der Waals surface area contributed by atoms with Crippen LogP contribution in [0.2, 0.25) is 0 Å². The Balaban J connectivity index is 1.67. The SMILES string of the molecule is C[C@@H](Sc1nc2ccc([N+](=O)[O-])cc2s1)C(=O)Nc1ccc(C(N)=O)cc1. The van der Waals surface area contributed by atoms with Gasteiger partial charge in [-0.3, -0.25) is 19.7 Å². The minimum atomic E-state index is -0.534. The first kappa shape index (κ1) is 18.8. The highest BCUT2D eigenvalue weighted by Gasteiger charge is 2.18. The molecule has 2 amide bonds. The highest BCUT2D eigenvalue weighted by molar-refractivity contribution is 8.02. The molecule has 0 aliphatic carbocycles. The van der Waals surface area contributed by atoms with E-state index >= 15 is 0 Å². The second-order valence-electron chi connectivity index (χ2n) is 5.58. The van der Waals surface area contributed by atoms with Crippen molar-refractivity contribution in [3.8, 4) is 0 Å². The summed E-state index contributed by atoms with van der Waals surface area (Å²) in [5.74, 6) is -0.759. The molecule has 8 nitrogen and oxygen atoms in total. The maximum atomic E-state index is 12.4. The topological polar surface area (TPSA) is 128 Å². The van der Waals surface area contributed by atoms with Crippen LogP contribution in [0.15, 0.2) is 46.8 Å². The third-order valence-electron chi connectivity index (χ3n) is 3.65. The largest absolute Gasteiger partial charge is 0.366 e. The predicted octanol–water partition coefficient (Wildman–Crippen LogP) is 3.42. The van der Waals surface area contributed by atoms with E-state index in [4.69, 9.17) is 5.73 Å². The highest BCUT2D eigenvalue weighted by Crippen LogP contribution is 2.34. The number of hydrogen-bond acceptors (Lipinski definition) is 7. The van der Waals surface area contributed by atoms with Crippen molar-refractivity contribution in [2.45, 2.75) is 16.5 Å². The molecule has 138 valence electrons. The van der Waals surface area contributed by atoms with Crippen LogP contribution in [0.1, 0.15) is 17.3 Å². The molecule has 0 aliphatic heterocycles. The number of benzene rings is 2. The van der Waals surface area contributed by atoms with E-state index in [9.17, 15) is 19.7 Å². The number of primary amides is 1. The number of nitrogens with zero attached hydrogens (tertiary/aromatic N) is 2. The van der Waals surface area contributed by atoms with Crippen LogP contribution in [-0.2, 0) is 4.79 Å². The maximum Gasteiger partial charge on any atom is 0.270 e. The molecule has 3 aromatic rings. The van der Waals surface area contributed by atoms with Crippen molar-refractivity contribution >= 4 is 56.5 Å². The first-order chi connectivity index (χ1) is 12.8. The fourth-order valence-corrected chi connectivity index (χ4v) is 4.47. The zero-order chi connectivity index (χ0) is 19.6. The second kappa shape index (κ2) is 7.72. The third kappa shape index (κ3) is 4.41. The molecule has 3 rings (SSSR count). The molecule has 1 aromatic heterocycles. The number of nitro groups is 1. The minimum Gasteiger partial charge on any atom is -0.366 e. The van der Waals surface area contributed by atoms with Gasteiger partial charge in [0.05, 0.1) is 20.4 Å². The van der Waals surface area contributed by atoms with E-state index in [0.717, 1.165) is 0 Å². The fraction of sp³-hybridized carbons (Fsp3) is 0.118. The molecule has 27 heavy (non-hydrogen) atoms. The van der Waals surface area contributed by atoms with Crippen LogP contribution in [0.25, 0.3) is 10.2 Å². The lowest BCUT2D eigenvalue weighted by Crippen LogP contribution is -2.22. The van der Waals surface area contributed by atoms with Crippen molar-refractivity contribution in [1.29, 1.82) is 0 Å². The molecular weight excluding hydrogens is 388 g/mol. The lowest BCUT2D eigenvalue weighted by molar-refractivity contribution is -0.384. The lowest BCUT2D eigenvalue weighted by Gasteiger charge is -2.10. The van der Waals surface area contributed by atoms with E-state index in [1.54, 1.807) is 25.1 Å². The van der Waals surface area contributed by atoms with Crippen LogP contribution in [0, 0.1) is 10.1 Å². The zero-order valence-corrected chi connectivity index (χ0v) is 15.7. The monoisotopic (exact) mass is 402 g/mol. The Bertz CT molecular complexity index is 1030. The molecule has 0 radical (unpaired) electrons. The van der Waals surface area contributed by atoms with Crippen molar-refractivity contribution in [3.05, 3.63) is 58.1 Å². The van der Waals surface area contributed by atoms with Crippen molar-refractivity contribution in [2.75, 3.05) is 5.32 Å². The summed E-state index contributed by atoms with van der Waals surface area (Å²) in [6.45, 7) is 1.74. The molecule has 0 bridgehead atoms. The molecule has 0 spiro atoms. The van der Waals surface area contributed by atoms with E-state index in [0.29, 0.717) is 25.8 Å². The Morgan fingerprint density at radius 1 is 1.26 bits per heavy atom. The van der Waals surface area contributed by atoms with Crippen molar-refractivity contribution in [2.24, 2.45) is 5.73 Å². The van der Waals surface area contributed by atoms with Gasteiger partial charge in [-0.25, -0.2) is 4.98 Å². The average molecular weight is 402 g/mol. The molecule has 0 unspecified atom stereocenters. The number of carbonyl (C=O) groups excluding carboxylic acids is 2. The summed E-state index contributed by atoms with van der Waals surface area (Å²) in [6.07, 6.45) is 0. The van der Waals surface area contributed by atoms with Crippen molar-refractivity contribution in [3.63, 3.8) is 0 Å². The Kier molecular flexibility index (Phi) is 5.38. The number of fused-ring (bicyclic) bond motifs is 1. The van der Waals surface area contributed by atoms with Gasteiger partial charge in [0.1, 0.15) is 0 Å². The number of amides is 2. The van der Waals surface area contributed by atoms with Crippen LogP contribution >= 0.6 is 23.1 Å². The minimum absolute atomic E-state index is 0.00731. The number of aromatic nitrogens is 1. The molecule has 0 saturated heterocycles. The van der Waals surface area contributed by atoms with E-state index in [-0.39, 0.29) is 11.6 Å². The van der Waals surface area contributed by atoms with Gasteiger partial charge in [0.15, 0.2) is 4.34 Å². The van der Waals surface area contributed by atoms with Gasteiger partial charge in [0, 0.05) is 23.4 Å². The van der Waals surface area contributed by atoms with Crippen LogP contribution < -0.4 is 11.1 Å². The summed E-state index contributed by atoms with van der Waals surface area (Å²) in [5, 5.41) is 13.2. The molecule has 1 atom stereocenters. The number of nitro benzene ring substituents is 1. The van der Waals surface area contributed by atoms with Crippen LogP contribution in [0.4, 0.5) is 11.4 Å². The Labute approximate surface area is 161 Å². The van der Waals surface area contributed by atoms with Gasteiger partial charge < -0.3 is 11.1 Å². The first-order valence-electron chi connectivity index (χ1n) is 7.76. The number of anilines is 1. The van der Waals surface area contributed by atoms with Gasteiger partial charge in [-0.1, -0.05) is 11.8 Å². The molecule has 3 N–H and O–H groups in total. The van der Waals surface area contributed by atoms with Gasteiger partial charge in [-0.15, -0.1) is 11.3 Å². The van der Waals surface area contributed by atoms with Crippen LogP contribution in [0.5, 0.6) is 0 Å². The quantitative estimate of drug-likeness (QED) is 0.369. The Morgan fingerprint density at radius 2 is 1.96 bits per heavy atom. The fourth-order valence-electron chi connectivity index (χ4n) is 2.22. The number of non-ortho nitro benzene ring substituents is 1. The van der Waals surface area contributed by atoms with E-state index in [1.807, 2.05) is 0 Å². The summed E-state index contributed by atoms with van der Waals surface area (Å²) in [5.41, 5.74) is 6.76. The maximum absolute atomic E-state index is 12.4. The van der Waals surface area contributed by atoms with Crippen LogP contribution in [0.3, 0.4) is 0 Å². The lowest BCUT2D eigenvalue weighted by atomic mass is 10.2. The molecule has 0 aliphatic rings. The number of nitrogens with two attached hydrogens (primary N) is 1. The summed E-state index contributed by atoms with van der Waals surface area (Å²) < 4.78 is 1.35. The van der Waals surface area contributed by atoms with Gasteiger partial charge in [-0.2, -0.15) is 0 Å². The molecule has 0 fully saturated rings. The first-order valence-corrected chi connectivity index (χ1v) is 9.45. The second-order valence-corrected chi connectivity index (χ2v) is 8.20. The summed E-state index contributed by atoms with van der Waals surface area (Å²) in [4.78, 5) is 38.2. The number of carbonyl (C=O) groups is 2. The van der Waals surface area contributed by atoms with Gasteiger partial charge in [0.25, 0.3) is 5.69 Å². The normalized spacial score (nSPS) is 11.9. The molecule has 10 heteroatoms. The predicted molar refractivity (Wildman–Crippen MR) is 105 cm³/mol. The molecule has 2 aromatic carbocycles. The molecule has 1 heterocycles. The van der Waals surface area contributed by atoms with Crippen molar-refractivity contribution in [1.82, 2.24) is 4.98 Å². The standard InChI is InChI=1S/C17H14N4O4S2/c1-9(16(23)19-11-4-2-10(3-5-11)15(18)22)26-17-20-13-7-6-12(21(24)25)8-14(13)27-17/h2-9H,1H3,(H2,18,22)(H,19,23)/t9-/m1/s1. The Morgan fingerprint density at radius 3 is 2.59 bits per heavy atom. The summed E-state index contributed by atoms with van der Waals surface area (Å²) in [7, 11) is 0. The van der Waals surface area contributed by atoms with E-state index < -0.39 is 16.1 Å². The number of nitrogens with one attached hydrogen (secondary N) is 1. The number of thioether (sulfide) groups is 1. The number of thiazole rings is 1. The number of hydrogen-bond donors (Lipinski definition) is 2. The molecule has 0 saturated carbocycles. The number of rotatable bonds is 6. The highest BCUT2D eigenvalue weighted by atomic mass is 32.2. The van der Waals surface area contributed by atoms with Gasteiger partial charge in [-0.05, 0) is 37.3 Å². The van der Waals surface area contributed by atoms with E-state index in [2.05, 4.69) is 10.3 Å². The Hall–Kier alpha value is -2.98. The average Bonchev–Trinajstić information content (AvgIpc) is 3.03. The van der Waals surface area contributed by atoms with Crippen molar-refractivity contribution < 1.29 is 14.5 Å². The van der Waals surface area contributed by atoms with Crippen LogP contribution in [-0.4, -0.2) is 27.0 Å². The summed E-state index contributed by atoms with van der Waals surface area (Å²) in [6, 6.07) is 10.8. The van der Waals surface area contributed by atoms with E-state index in [1.165, 1.54) is 47.4 Å². The smallest absolute Gasteiger partial charge is 0.270 e. The summed E-state index contributed by atoms with van der Waals surface area (Å²) >= 11 is 2.57. The zero-order valence-electron chi connectivity index (χ0n) is 14.0. The van der Waals surface area contributed by atoms with Gasteiger partial charge in [0.2, 0.25) is 11.8 Å². The molecular formula is C17H14N4O4S2.